The predicted molar refractivity (Wildman–Crippen MR) is 150 cm³/mol. The van der Waals surface area contributed by atoms with Crippen LogP contribution in [-0.2, 0) is 20.8 Å². The number of nitrogens with one attached hydrogen (secondary N) is 2. The summed E-state index contributed by atoms with van der Waals surface area (Å²) in [5, 5.41) is 5.88. The third-order valence-electron chi connectivity index (χ3n) is 8.18. The molecule has 39 heavy (non-hydrogen) atoms. The number of carbonyl (C=O) groups excluding carboxylic acids is 4. The van der Waals surface area contributed by atoms with Crippen molar-refractivity contribution in [2.45, 2.75) is 57.8 Å². The molecule has 0 bridgehead atoms. The number of hydrogen-bond donors (Lipinski definition) is 2. The topological polar surface area (TPSA) is 98.8 Å². The van der Waals surface area contributed by atoms with Crippen LogP contribution in [-0.4, -0.2) is 59.6 Å². The normalized spacial score (nSPS) is 19.6. The molecule has 1 saturated carbocycles. The first-order chi connectivity index (χ1) is 19.0. The summed E-state index contributed by atoms with van der Waals surface area (Å²) in [5.74, 6) is -0.0831. The minimum atomic E-state index is -0.206. The molecule has 2 N–H and O–H groups in total. The van der Waals surface area contributed by atoms with Gasteiger partial charge in [0.15, 0.2) is 0 Å². The molecule has 3 fully saturated rings. The smallest absolute Gasteiger partial charge is 0.253 e. The maximum atomic E-state index is 12.9. The van der Waals surface area contributed by atoms with Gasteiger partial charge in [-0.3, -0.25) is 19.2 Å². The summed E-state index contributed by atoms with van der Waals surface area (Å²) >= 11 is 0. The quantitative estimate of drug-likeness (QED) is 0.552. The van der Waals surface area contributed by atoms with Crippen LogP contribution in [0.3, 0.4) is 0 Å². The zero-order valence-corrected chi connectivity index (χ0v) is 22.5. The lowest BCUT2D eigenvalue weighted by atomic mass is 9.95. The highest BCUT2D eigenvalue weighted by molar-refractivity contribution is 5.98. The molecule has 3 aliphatic rings. The number of benzene rings is 2. The Balaban J connectivity index is 1.11. The summed E-state index contributed by atoms with van der Waals surface area (Å²) in [6, 6.07) is 14.4. The second-order valence-corrected chi connectivity index (χ2v) is 11.1. The molecule has 2 aliphatic heterocycles. The van der Waals surface area contributed by atoms with Crippen molar-refractivity contribution >= 4 is 35.0 Å². The van der Waals surface area contributed by atoms with Crippen molar-refractivity contribution < 1.29 is 19.2 Å². The lowest BCUT2D eigenvalue weighted by Gasteiger charge is -2.33. The number of hydrogen-bond acceptors (Lipinski definition) is 4. The predicted octanol–water partition coefficient (Wildman–Crippen LogP) is 4.47. The molecule has 2 aromatic rings. The molecule has 0 spiro atoms. The highest BCUT2D eigenvalue weighted by Crippen LogP contribution is 2.29. The first kappa shape index (κ1) is 26.9. The number of likely N-dealkylation sites (tertiary alicyclic amines) is 2. The van der Waals surface area contributed by atoms with E-state index in [1.807, 2.05) is 21.9 Å². The SMILES string of the molecule is O=C(Cc1ccc(NC(=O)C2CCCN(C(=O)C3CCCC3)C2)cc1)Nc1cccc(C(=O)N2CCCC2)c1. The largest absolute Gasteiger partial charge is 0.342 e. The molecule has 0 aromatic heterocycles. The molecule has 2 heterocycles. The number of rotatable bonds is 7. The minimum Gasteiger partial charge on any atom is -0.342 e. The Hall–Kier alpha value is -3.68. The second-order valence-electron chi connectivity index (χ2n) is 11.1. The summed E-state index contributed by atoms with van der Waals surface area (Å²) in [7, 11) is 0. The average molecular weight is 531 g/mol. The number of anilines is 2. The maximum absolute atomic E-state index is 12.9. The van der Waals surface area contributed by atoms with Crippen molar-refractivity contribution in [1.29, 1.82) is 0 Å². The van der Waals surface area contributed by atoms with Crippen LogP contribution in [0.5, 0.6) is 0 Å². The van der Waals surface area contributed by atoms with Gasteiger partial charge in [-0.05, 0) is 74.4 Å². The third kappa shape index (κ3) is 6.85. The number of nitrogens with zero attached hydrogens (tertiary/aromatic N) is 2. The van der Waals surface area contributed by atoms with Gasteiger partial charge in [-0.2, -0.15) is 0 Å². The van der Waals surface area contributed by atoms with E-state index in [1.54, 1.807) is 36.4 Å². The molecule has 5 rings (SSSR count). The van der Waals surface area contributed by atoms with E-state index < -0.39 is 0 Å². The molecule has 1 unspecified atom stereocenters. The third-order valence-corrected chi connectivity index (χ3v) is 8.18. The Morgan fingerprint density at radius 1 is 0.718 bits per heavy atom. The molecule has 1 atom stereocenters. The summed E-state index contributed by atoms with van der Waals surface area (Å²) < 4.78 is 0. The Labute approximate surface area is 230 Å². The van der Waals surface area contributed by atoms with Gasteiger partial charge in [0.1, 0.15) is 0 Å². The highest BCUT2D eigenvalue weighted by atomic mass is 16.2. The zero-order chi connectivity index (χ0) is 27.2. The zero-order valence-electron chi connectivity index (χ0n) is 22.5. The fourth-order valence-electron chi connectivity index (χ4n) is 6.00. The van der Waals surface area contributed by atoms with Crippen LogP contribution in [0.25, 0.3) is 0 Å². The van der Waals surface area contributed by atoms with Gasteiger partial charge >= 0.3 is 0 Å². The van der Waals surface area contributed by atoms with Crippen LogP contribution in [0.2, 0.25) is 0 Å². The highest BCUT2D eigenvalue weighted by Gasteiger charge is 2.33. The first-order valence-electron chi connectivity index (χ1n) is 14.3. The average Bonchev–Trinajstić information content (AvgIpc) is 3.69. The van der Waals surface area contributed by atoms with E-state index in [0.29, 0.717) is 23.5 Å². The summed E-state index contributed by atoms with van der Waals surface area (Å²) in [6.07, 6.45) is 8.07. The van der Waals surface area contributed by atoms with Gasteiger partial charge in [0.25, 0.3) is 5.91 Å². The molecule has 206 valence electrons. The lowest BCUT2D eigenvalue weighted by molar-refractivity contribution is -0.138. The van der Waals surface area contributed by atoms with Crippen molar-refractivity contribution in [3.8, 4) is 0 Å². The molecule has 0 radical (unpaired) electrons. The Morgan fingerprint density at radius 2 is 1.41 bits per heavy atom. The van der Waals surface area contributed by atoms with Crippen molar-refractivity contribution in [2.24, 2.45) is 11.8 Å². The number of piperidine rings is 1. The van der Waals surface area contributed by atoms with Crippen LogP contribution < -0.4 is 10.6 Å². The van der Waals surface area contributed by atoms with E-state index in [9.17, 15) is 19.2 Å². The second kappa shape index (κ2) is 12.5. The summed E-state index contributed by atoms with van der Waals surface area (Å²) in [4.78, 5) is 54.8. The molecule has 2 aromatic carbocycles. The molecule has 1 aliphatic carbocycles. The standard InChI is InChI=1S/C31H38N4O4/c36-28(32-27-11-5-9-24(20-27)31(39)34-16-3-4-17-34)19-22-12-14-26(15-13-22)33-29(37)25-10-6-18-35(21-25)30(38)23-7-1-2-8-23/h5,9,11-15,20,23,25H,1-4,6-8,10,16-19,21H2,(H,32,36)(H,33,37). The van der Waals surface area contributed by atoms with Crippen LogP contribution in [0.15, 0.2) is 48.5 Å². The van der Waals surface area contributed by atoms with E-state index in [2.05, 4.69) is 10.6 Å². The molecule has 4 amide bonds. The fourth-order valence-corrected chi connectivity index (χ4v) is 6.00. The van der Waals surface area contributed by atoms with Gasteiger partial charge < -0.3 is 20.4 Å². The fraction of sp³-hybridized carbons (Fsp3) is 0.484. The van der Waals surface area contributed by atoms with E-state index >= 15 is 0 Å². The monoisotopic (exact) mass is 530 g/mol. The molecular formula is C31H38N4O4. The molecular weight excluding hydrogens is 492 g/mol. The first-order valence-corrected chi connectivity index (χ1v) is 14.3. The Morgan fingerprint density at radius 3 is 2.15 bits per heavy atom. The van der Waals surface area contributed by atoms with E-state index in [1.165, 1.54) is 0 Å². The van der Waals surface area contributed by atoms with Gasteiger partial charge in [-0.25, -0.2) is 0 Å². The lowest BCUT2D eigenvalue weighted by Crippen LogP contribution is -2.45. The van der Waals surface area contributed by atoms with Crippen LogP contribution in [0.4, 0.5) is 11.4 Å². The van der Waals surface area contributed by atoms with E-state index in [0.717, 1.165) is 76.6 Å². The van der Waals surface area contributed by atoms with Gasteiger partial charge in [0.2, 0.25) is 17.7 Å². The van der Waals surface area contributed by atoms with Crippen molar-refractivity contribution in [1.82, 2.24) is 9.80 Å². The van der Waals surface area contributed by atoms with Gasteiger partial charge in [0.05, 0.1) is 12.3 Å². The number of carbonyl (C=O) groups is 4. The van der Waals surface area contributed by atoms with E-state index in [-0.39, 0.29) is 41.9 Å². The minimum absolute atomic E-state index is 0.00239. The molecule has 8 nitrogen and oxygen atoms in total. The Kier molecular flexibility index (Phi) is 8.59. The summed E-state index contributed by atoms with van der Waals surface area (Å²) in [6.45, 7) is 2.80. The van der Waals surface area contributed by atoms with Crippen LogP contribution in [0, 0.1) is 11.8 Å². The van der Waals surface area contributed by atoms with Crippen LogP contribution in [0.1, 0.15) is 67.3 Å². The van der Waals surface area contributed by atoms with Crippen molar-refractivity contribution in [3.05, 3.63) is 59.7 Å². The molecule has 8 heteroatoms. The van der Waals surface area contributed by atoms with E-state index in [4.69, 9.17) is 0 Å². The van der Waals surface area contributed by atoms with Crippen molar-refractivity contribution in [2.75, 3.05) is 36.8 Å². The van der Waals surface area contributed by atoms with Gasteiger partial charge in [-0.15, -0.1) is 0 Å². The maximum Gasteiger partial charge on any atom is 0.253 e. The van der Waals surface area contributed by atoms with Crippen LogP contribution >= 0.6 is 0 Å². The van der Waals surface area contributed by atoms with Gasteiger partial charge in [0, 0.05) is 49.0 Å². The number of amides is 4. The summed E-state index contributed by atoms with van der Waals surface area (Å²) in [5.41, 5.74) is 2.68. The van der Waals surface area contributed by atoms with Gasteiger partial charge in [-0.1, -0.05) is 31.0 Å². The Bertz CT molecular complexity index is 1200. The molecule has 2 saturated heterocycles. The van der Waals surface area contributed by atoms with Crippen molar-refractivity contribution in [3.63, 3.8) is 0 Å².